The average Bonchev–Trinajstić information content (AvgIpc) is 3.26. The van der Waals surface area contributed by atoms with Crippen molar-refractivity contribution in [3.8, 4) is 0 Å². The quantitative estimate of drug-likeness (QED) is 0.362. The van der Waals surface area contributed by atoms with Crippen LogP contribution in [-0.4, -0.2) is 23.5 Å². The van der Waals surface area contributed by atoms with Crippen LogP contribution < -0.4 is 10.6 Å². The van der Waals surface area contributed by atoms with Gasteiger partial charge < -0.3 is 15.7 Å². The van der Waals surface area contributed by atoms with E-state index in [9.17, 15) is 35.9 Å². The number of alkyl halides is 6. The van der Waals surface area contributed by atoms with E-state index in [1.165, 1.54) is 6.07 Å². The van der Waals surface area contributed by atoms with Crippen molar-refractivity contribution in [3.05, 3.63) is 76.4 Å². The van der Waals surface area contributed by atoms with Crippen LogP contribution in [0.4, 0.5) is 32.0 Å². The topological polar surface area (TPSA) is 78.4 Å². The van der Waals surface area contributed by atoms with Gasteiger partial charge in [0.15, 0.2) is 0 Å². The number of allylic oxidation sites excluding steroid dienone is 2. The highest BCUT2D eigenvalue weighted by Crippen LogP contribution is 2.51. The second-order valence-electron chi connectivity index (χ2n) is 8.52. The summed E-state index contributed by atoms with van der Waals surface area (Å²) < 4.78 is 80.4. The molecular weight excluding hydrogens is 478 g/mol. The van der Waals surface area contributed by atoms with E-state index < -0.39 is 41.4 Å². The van der Waals surface area contributed by atoms with Crippen molar-refractivity contribution in [2.75, 3.05) is 11.9 Å². The Bertz CT molecular complexity index is 1160. The molecule has 2 aromatic rings. The maximum absolute atomic E-state index is 13.4. The Balaban J connectivity index is 1.69. The summed E-state index contributed by atoms with van der Waals surface area (Å²) in [5, 5.41) is 14.3. The van der Waals surface area contributed by atoms with Gasteiger partial charge in [-0.2, -0.15) is 26.3 Å². The molecule has 0 aromatic heterocycles. The van der Waals surface area contributed by atoms with Crippen LogP contribution in [0.25, 0.3) is 0 Å². The number of carbonyl (C=O) groups is 2. The number of carboxylic acids is 1. The van der Waals surface area contributed by atoms with Crippen LogP contribution in [0.2, 0.25) is 0 Å². The number of rotatable bonds is 5. The van der Waals surface area contributed by atoms with Gasteiger partial charge in [0.25, 0.3) is 5.91 Å². The molecular formula is C24H20F6N2O3. The lowest BCUT2D eigenvalue weighted by molar-refractivity contribution is -0.143. The summed E-state index contributed by atoms with van der Waals surface area (Å²) in [4.78, 5) is 23.0. The molecule has 35 heavy (non-hydrogen) atoms. The van der Waals surface area contributed by atoms with Crippen LogP contribution in [0.15, 0.2) is 48.6 Å². The molecule has 0 saturated carbocycles. The highest BCUT2D eigenvalue weighted by atomic mass is 19.4. The normalized spacial score (nSPS) is 21.1. The molecule has 1 amide bonds. The highest BCUT2D eigenvalue weighted by molar-refractivity contribution is 5.95. The van der Waals surface area contributed by atoms with Crippen molar-refractivity contribution in [1.82, 2.24) is 5.32 Å². The summed E-state index contributed by atoms with van der Waals surface area (Å²) in [6, 6.07) is 5.41. The molecule has 1 heterocycles. The number of hydrogen-bond acceptors (Lipinski definition) is 3. The van der Waals surface area contributed by atoms with Gasteiger partial charge >= 0.3 is 18.3 Å². The molecule has 2 aliphatic rings. The Kier molecular flexibility index (Phi) is 6.29. The SMILES string of the molecule is O=C(O)CCNC(=O)c1ccc2c(c1)[C@@H]1C=CC[C@@H]1[C@H](c1cc(C(F)(F)F)cc(C(F)(F)F)c1)N2. The molecule has 0 fully saturated rings. The van der Waals surface area contributed by atoms with E-state index in [0.29, 0.717) is 17.7 Å². The zero-order chi connectivity index (χ0) is 25.5. The van der Waals surface area contributed by atoms with Crippen LogP contribution in [0, 0.1) is 5.92 Å². The van der Waals surface area contributed by atoms with Crippen molar-refractivity contribution in [2.45, 2.75) is 37.2 Å². The van der Waals surface area contributed by atoms with E-state index >= 15 is 0 Å². The van der Waals surface area contributed by atoms with Gasteiger partial charge in [-0.05, 0) is 59.9 Å². The fourth-order valence-electron chi connectivity index (χ4n) is 4.61. The van der Waals surface area contributed by atoms with E-state index in [1.54, 1.807) is 12.1 Å². The van der Waals surface area contributed by atoms with Gasteiger partial charge in [-0.1, -0.05) is 12.2 Å². The molecule has 3 atom stereocenters. The lowest BCUT2D eigenvalue weighted by atomic mass is 9.76. The molecule has 3 N–H and O–H groups in total. The molecule has 186 valence electrons. The van der Waals surface area contributed by atoms with Crippen LogP contribution in [0.1, 0.15) is 57.4 Å². The smallest absolute Gasteiger partial charge is 0.416 e. The van der Waals surface area contributed by atoms with Gasteiger partial charge in [-0.15, -0.1) is 0 Å². The Labute approximate surface area is 195 Å². The minimum atomic E-state index is -4.95. The van der Waals surface area contributed by atoms with Crippen LogP contribution in [0.5, 0.6) is 0 Å². The number of hydrogen-bond donors (Lipinski definition) is 3. The number of carbonyl (C=O) groups excluding carboxylic acids is 1. The number of nitrogens with one attached hydrogen (secondary N) is 2. The number of halogens is 6. The average molecular weight is 498 g/mol. The van der Waals surface area contributed by atoms with Gasteiger partial charge in [-0.3, -0.25) is 9.59 Å². The Morgan fingerprint density at radius 2 is 1.66 bits per heavy atom. The van der Waals surface area contributed by atoms with E-state index in [0.717, 1.165) is 12.1 Å². The summed E-state index contributed by atoms with van der Waals surface area (Å²) >= 11 is 0. The Morgan fingerprint density at radius 1 is 1.00 bits per heavy atom. The number of carboxylic acid groups (broad SMARTS) is 1. The third kappa shape index (κ3) is 5.13. The van der Waals surface area contributed by atoms with Gasteiger partial charge in [0, 0.05) is 23.7 Å². The molecule has 0 bridgehead atoms. The lowest BCUT2D eigenvalue weighted by Crippen LogP contribution is -2.30. The zero-order valence-corrected chi connectivity index (χ0v) is 18.0. The van der Waals surface area contributed by atoms with Crippen molar-refractivity contribution in [3.63, 3.8) is 0 Å². The highest BCUT2D eigenvalue weighted by Gasteiger charge is 2.42. The molecule has 5 nitrogen and oxygen atoms in total. The molecule has 0 radical (unpaired) electrons. The molecule has 0 saturated heterocycles. The van der Waals surface area contributed by atoms with E-state index in [4.69, 9.17) is 5.11 Å². The zero-order valence-electron chi connectivity index (χ0n) is 18.0. The van der Waals surface area contributed by atoms with Crippen molar-refractivity contribution < 1.29 is 41.0 Å². The maximum atomic E-state index is 13.4. The van der Waals surface area contributed by atoms with Crippen molar-refractivity contribution >= 4 is 17.6 Å². The molecule has 4 rings (SSSR count). The van der Waals surface area contributed by atoms with E-state index in [1.807, 2.05) is 12.2 Å². The summed E-state index contributed by atoms with van der Waals surface area (Å²) in [6.07, 6.45) is -6.06. The minimum absolute atomic E-state index is 0.0609. The second-order valence-corrected chi connectivity index (χ2v) is 8.52. The fourth-order valence-corrected chi connectivity index (χ4v) is 4.61. The standard InChI is InChI=1S/C24H20F6N2O3/c25-23(26,27)14-8-13(9-15(11-14)24(28,29)30)21-17-3-1-2-16(17)18-10-12(4-5-19(18)32-21)22(35)31-7-6-20(33)34/h1-2,4-5,8-11,16-17,21,32H,3,6-7H2,(H,31,35)(H,33,34)/t16-,17+,21+/m1/s1. The molecule has 11 heteroatoms. The maximum Gasteiger partial charge on any atom is 0.416 e. The first-order valence-corrected chi connectivity index (χ1v) is 10.7. The fraction of sp³-hybridized carbons (Fsp3) is 0.333. The number of benzene rings is 2. The van der Waals surface area contributed by atoms with Gasteiger partial charge in [0.05, 0.1) is 23.6 Å². The first-order chi connectivity index (χ1) is 16.3. The van der Waals surface area contributed by atoms with E-state index in [-0.39, 0.29) is 42.0 Å². The van der Waals surface area contributed by atoms with Gasteiger partial charge in [0.1, 0.15) is 0 Å². The largest absolute Gasteiger partial charge is 0.481 e. The Morgan fingerprint density at radius 3 is 2.26 bits per heavy atom. The summed E-state index contributed by atoms with van der Waals surface area (Å²) in [5.41, 5.74) is -1.40. The molecule has 2 aromatic carbocycles. The number of aliphatic carboxylic acids is 1. The van der Waals surface area contributed by atoms with Crippen molar-refractivity contribution in [1.29, 1.82) is 0 Å². The van der Waals surface area contributed by atoms with Gasteiger partial charge in [-0.25, -0.2) is 0 Å². The number of anilines is 1. The predicted molar refractivity (Wildman–Crippen MR) is 114 cm³/mol. The number of fused-ring (bicyclic) bond motifs is 3. The summed E-state index contributed by atoms with van der Waals surface area (Å²) in [7, 11) is 0. The van der Waals surface area contributed by atoms with E-state index in [2.05, 4.69) is 10.6 Å². The summed E-state index contributed by atoms with van der Waals surface area (Å²) in [6.45, 7) is -0.0609. The second kappa shape index (κ2) is 8.94. The first-order valence-electron chi connectivity index (χ1n) is 10.7. The molecule has 1 aliphatic carbocycles. The first kappa shape index (κ1) is 24.6. The molecule has 1 aliphatic heterocycles. The lowest BCUT2D eigenvalue weighted by Gasteiger charge is -2.38. The monoisotopic (exact) mass is 498 g/mol. The molecule has 0 unspecified atom stereocenters. The summed E-state index contributed by atoms with van der Waals surface area (Å²) in [5.74, 6) is -2.24. The predicted octanol–water partition coefficient (Wildman–Crippen LogP) is 5.76. The third-order valence-corrected chi connectivity index (χ3v) is 6.22. The number of amides is 1. The van der Waals surface area contributed by atoms with Gasteiger partial charge in [0.2, 0.25) is 0 Å². The van der Waals surface area contributed by atoms with Crippen molar-refractivity contribution in [2.24, 2.45) is 5.92 Å². The van der Waals surface area contributed by atoms with Crippen LogP contribution in [0.3, 0.4) is 0 Å². The third-order valence-electron chi connectivity index (χ3n) is 6.22. The van der Waals surface area contributed by atoms with Crippen LogP contribution in [-0.2, 0) is 17.1 Å². The Hall–Kier alpha value is -3.50. The van der Waals surface area contributed by atoms with Crippen LogP contribution >= 0.6 is 0 Å². The molecule has 0 spiro atoms. The minimum Gasteiger partial charge on any atom is -0.481 e.